The van der Waals surface area contributed by atoms with Gasteiger partial charge in [0.15, 0.2) is 0 Å². The molecule has 1 fully saturated rings. The minimum absolute atomic E-state index is 0.610. The van der Waals surface area contributed by atoms with Crippen molar-refractivity contribution in [3.63, 3.8) is 0 Å². The van der Waals surface area contributed by atoms with E-state index in [0.717, 1.165) is 18.8 Å². The lowest BCUT2D eigenvalue weighted by molar-refractivity contribution is 0.411. The van der Waals surface area contributed by atoms with Gasteiger partial charge in [0.05, 0.1) is 7.11 Å². The summed E-state index contributed by atoms with van der Waals surface area (Å²) in [6.07, 6.45) is 2.48. The highest BCUT2D eigenvalue weighted by molar-refractivity contribution is 5.31. The Labute approximate surface area is 85.3 Å². The average Bonchev–Trinajstić information content (AvgIpc) is 2.30. The highest BCUT2D eigenvalue weighted by Crippen LogP contribution is 2.26. The van der Waals surface area contributed by atoms with Gasteiger partial charge < -0.3 is 4.74 Å². The topological polar surface area (TPSA) is 23.3 Å². The highest BCUT2D eigenvalue weighted by Gasteiger charge is 2.15. The van der Waals surface area contributed by atoms with E-state index in [2.05, 4.69) is 23.5 Å². The second-order valence-corrected chi connectivity index (χ2v) is 3.75. The molecule has 1 atom stereocenters. The van der Waals surface area contributed by atoms with Crippen LogP contribution < -0.4 is 10.1 Å². The third kappa shape index (κ3) is 2.07. The minimum atomic E-state index is 0.610. The summed E-state index contributed by atoms with van der Waals surface area (Å²) in [5.74, 6) is 1.56. The van der Waals surface area contributed by atoms with Crippen LogP contribution in [0.2, 0.25) is 0 Å². The summed E-state index contributed by atoms with van der Waals surface area (Å²) in [7, 11) is 1.71. The molecule has 2 rings (SSSR count). The number of nitrogens with zero attached hydrogens (tertiary/aromatic N) is 1. The fourth-order valence-electron chi connectivity index (χ4n) is 1.96. The van der Waals surface area contributed by atoms with Crippen LogP contribution in [0.1, 0.15) is 24.3 Å². The van der Waals surface area contributed by atoms with Gasteiger partial charge in [-0.3, -0.25) is 0 Å². The second-order valence-electron chi connectivity index (χ2n) is 3.75. The molecule has 2 nitrogen and oxygen atoms in total. The van der Waals surface area contributed by atoms with Gasteiger partial charge in [0.25, 0.3) is 0 Å². The summed E-state index contributed by atoms with van der Waals surface area (Å²) >= 11 is 0. The van der Waals surface area contributed by atoms with Crippen molar-refractivity contribution in [3.8, 4) is 5.75 Å². The Balaban J connectivity index is 2.13. The minimum Gasteiger partial charge on any atom is -0.497 e. The van der Waals surface area contributed by atoms with Crippen LogP contribution in [-0.4, -0.2) is 20.2 Å². The van der Waals surface area contributed by atoms with E-state index in [1.807, 2.05) is 6.07 Å². The maximum atomic E-state index is 5.22. The van der Waals surface area contributed by atoms with E-state index in [-0.39, 0.29) is 0 Å². The number of ether oxygens (including phenoxy) is 1. The van der Waals surface area contributed by atoms with Gasteiger partial charge in [-0.05, 0) is 36.5 Å². The summed E-state index contributed by atoms with van der Waals surface area (Å²) in [4.78, 5) is 0. The SMILES string of the molecule is COc1cccc(C2CCC[N]C2)c1. The molecular weight excluding hydrogens is 174 g/mol. The Bertz CT molecular complexity index is 292. The van der Waals surface area contributed by atoms with E-state index in [0.29, 0.717) is 5.92 Å². The molecule has 0 saturated carbocycles. The third-order valence-corrected chi connectivity index (χ3v) is 2.78. The molecule has 1 aromatic rings. The van der Waals surface area contributed by atoms with E-state index >= 15 is 0 Å². The number of hydrogen-bond donors (Lipinski definition) is 0. The first-order valence-corrected chi connectivity index (χ1v) is 5.17. The van der Waals surface area contributed by atoms with Crippen LogP contribution in [0.25, 0.3) is 0 Å². The lowest BCUT2D eigenvalue weighted by Crippen LogP contribution is -2.22. The maximum Gasteiger partial charge on any atom is 0.119 e. The fourth-order valence-corrected chi connectivity index (χ4v) is 1.96. The van der Waals surface area contributed by atoms with Crippen molar-refractivity contribution in [2.24, 2.45) is 0 Å². The first kappa shape index (κ1) is 9.53. The van der Waals surface area contributed by atoms with Crippen LogP contribution in [-0.2, 0) is 0 Å². The first-order valence-electron chi connectivity index (χ1n) is 5.17. The molecule has 1 aliphatic heterocycles. The molecule has 1 aromatic carbocycles. The molecule has 1 heterocycles. The van der Waals surface area contributed by atoms with Crippen LogP contribution >= 0.6 is 0 Å². The van der Waals surface area contributed by atoms with Crippen LogP contribution in [0.5, 0.6) is 5.75 Å². The van der Waals surface area contributed by atoms with Gasteiger partial charge in [-0.15, -0.1) is 0 Å². The lowest BCUT2D eigenvalue weighted by Gasteiger charge is -2.22. The van der Waals surface area contributed by atoms with E-state index in [9.17, 15) is 0 Å². The fraction of sp³-hybridized carbons (Fsp3) is 0.500. The van der Waals surface area contributed by atoms with Gasteiger partial charge in [0.1, 0.15) is 5.75 Å². The normalized spacial score (nSPS) is 21.9. The van der Waals surface area contributed by atoms with Gasteiger partial charge in [-0.1, -0.05) is 12.1 Å². The van der Waals surface area contributed by atoms with Crippen molar-refractivity contribution in [3.05, 3.63) is 29.8 Å². The Morgan fingerprint density at radius 2 is 2.36 bits per heavy atom. The number of benzene rings is 1. The molecule has 0 spiro atoms. The largest absolute Gasteiger partial charge is 0.497 e. The standard InChI is InChI=1S/C12H16NO/c1-14-12-6-2-4-10(8-12)11-5-3-7-13-9-11/h2,4,6,8,11H,3,5,7,9H2,1H3. The molecule has 0 aliphatic carbocycles. The third-order valence-electron chi connectivity index (χ3n) is 2.78. The lowest BCUT2D eigenvalue weighted by atomic mass is 9.92. The number of hydrogen-bond acceptors (Lipinski definition) is 1. The Kier molecular flexibility index (Phi) is 3.04. The van der Waals surface area contributed by atoms with Gasteiger partial charge in [-0.25, -0.2) is 5.32 Å². The molecular formula is C12H16NO. The zero-order valence-electron chi connectivity index (χ0n) is 8.57. The summed E-state index contributed by atoms with van der Waals surface area (Å²) in [5.41, 5.74) is 1.37. The Morgan fingerprint density at radius 3 is 3.07 bits per heavy atom. The zero-order chi connectivity index (χ0) is 9.80. The monoisotopic (exact) mass is 190 g/mol. The molecule has 75 valence electrons. The van der Waals surface area contributed by atoms with Crippen molar-refractivity contribution < 1.29 is 4.74 Å². The van der Waals surface area contributed by atoms with E-state index in [1.165, 1.54) is 18.4 Å². The van der Waals surface area contributed by atoms with Gasteiger partial charge in [-0.2, -0.15) is 0 Å². The number of rotatable bonds is 2. The summed E-state index contributed by atoms with van der Waals surface area (Å²) in [5, 5.41) is 4.45. The van der Waals surface area contributed by atoms with Gasteiger partial charge in [0.2, 0.25) is 0 Å². The zero-order valence-corrected chi connectivity index (χ0v) is 8.57. The second kappa shape index (κ2) is 4.47. The van der Waals surface area contributed by atoms with Crippen molar-refractivity contribution >= 4 is 0 Å². The highest BCUT2D eigenvalue weighted by atomic mass is 16.5. The van der Waals surface area contributed by atoms with Crippen molar-refractivity contribution in [2.45, 2.75) is 18.8 Å². The van der Waals surface area contributed by atoms with Crippen molar-refractivity contribution in [1.82, 2.24) is 5.32 Å². The molecule has 0 amide bonds. The molecule has 1 unspecified atom stereocenters. The van der Waals surface area contributed by atoms with E-state index in [1.54, 1.807) is 7.11 Å². The Morgan fingerprint density at radius 1 is 1.43 bits per heavy atom. The van der Waals surface area contributed by atoms with Crippen LogP contribution in [0, 0.1) is 0 Å². The number of methoxy groups -OCH3 is 1. The first-order chi connectivity index (χ1) is 6.90. The molecule has 0 aromatic heterocycles. The average molecular weight is 190 g/mol. The summed E-state index contributed by atoms with van der Waals surface area (Å²) in [6.45, 7) is 2.02. The predicted molar refractivity (Wildman–Crippen MR) is 56.8 cm³/mol. The smallest absolute Gasteiger partial charge is 0.119 e. The molecule has 14 heavy (non-hydrogen) atoms. The molecule has 1 saturated heterocycles. The van der Waals surface area contributed by atoms with Crippen molar-refractivity contribution in [2.75, 3.05) is 20.2 Å². The van der Waals surface area contributed by atoms with Crippen LogP contribution in [0.15, 0.2) is 24.3 Å². The molecule has 0 bridgehead atoms. The Hall–Kier alpha value is -1.02. The molecule has 1 radical (unpaired) electrons. The number of piperidine rings is 1. The van der Waals surface area contributed by atoms with Crippen LogP contribution in [0.4, 0.5) is 0 Å². The van der Waals surface area contributed by atoms with Gasteiger partial charge >= 0.3 is 0 Å². The summed E-state index contributed by atoms with van der Waals surface area (Å²) < 4.78 is 5.22. The van der Waals surface area contributed by atoms with E-state index in [4.69, 9.17) is 4.74 Å². The van der Waals surface area contributed by atoms with Gasteiger partial charge in [0, 0.05) is 13.1 Å². The van der Waals surface area contributed by atoms with Crippen molar-refractivity contribution in [1.29, 1.82) is 0 Å². The van der Waals surface area contributed by atoms with Crippen LogP contribution in [0.3, 0.4) is 0 Å². The molecule has 0 N–H and O–H groups in total. The predicted octanol–water partition coefficient (Wildman–Crippen LogP) is 2.18. The van der Waals surface area contributed by atoms with E-state index < -0.39 is 0 Å². The quantitative estimate of drug-likeness (QED) is 0.701. The molecule has 2 heteroatoms. The summed E-state index contributed by atoms with van der Waals surface area (Å²) in [6, 6.07) is 8.35. The molecule has 1 aliphatic rings. The maximum absolute atomic E-state index is 5.22.